The number of benzene rings is 1. The third-order valence-electron chi connectivity index (χ3n) is 6.35. The molecule has 1 aromatic carbocycles. The van der Waals surface area contributed by atoms with E-state index >= 15 is 0 Å². The number of nitrogens with two attached hydrogens (primary N) is 1. The van der Waals surface area contributed by atoms with E-state index in [2.05, 4.69) is 31.9 Å². The number of H-pyrrole nitrogens is 1. The maximum absolute atomic E-state index is 11.6. The Kier molecular flexibility index (Phi) is 7.58. The molecule has 0 saturated carbocycles. The molecular weight excluding hydrogens is 562 g/mol. The molecule has 3 aromatic heterocycles. The molecule has 0 spiro atoms. The second-order valence-corrected chi connectivity index (χ2v) is 9.42. The summed E-state index contributed by atoms with van der Waals surface area (Å²) in [6.07, 6.45) is -3.98. The lowest BCUT2D eigenvalue weighted by Crippen LogP contribution is -2.49. The van der Waals surface area contributed by atoms with Crippen LogP contribution in [0, 0.1) is 11.8 Å². The summed E-state index contributed by atoms with van der Waals surface area (Å²) < 4.78 is 13.9. The molecule has 1 fully saturated rings. The van der Waals surface area contributed by atoms with E-state index in [1.54, 1.807) is 16.9 Å². The van der Waals surface area contributed by atoms with Crippen molar-refractivity contribution in [2.45, 2.75) is 36.7 Å². The van der Waals surface area contributed by atoms with Crippen molar-refractivity contribution < 1.29 is 44.2 Å². The molecular formula is C25H23ClN7O8+. The van der Waals surface area contributed by atoms with Crippen LogP contribution in [0.15, 0.2) is 48.9 Å². The first-order valence-electron chi connectivity index (χ1n) is 12.0. The fraction of sp³-hybridized carbons (Fsp3) is 0.280. The van der Waals surface area contributed by atoms with E-state index in [4.69, 9.17) is 26.8 Å². The highest BCUT2D eigenvalue weighted by atomic mass is 35.5. The highest BCUT2D eigenvalue weighted by molar-refractivity contribution is 6.28. The Balaban J connectivity index is 1.47. The van der Waals surface area contributed by atoms with Gasteiger partial charge in [0.1, 0.15) is 17.7 Å². The van der Waals surface area contributed by atoms with Crippen LogP contribution in [-0.2, 0) is 25.6 Å². The predicted octanol–water partition coefficient (Wildman–Crippen LogP) is -0.679. The standard InChI is InChI=1S/C25H22ClN7O8/c26-24-29-19(27)16-20(30-24)33(12-28-16)21-18(34)25(39,15(41-21)11-40-17(22(35)36)23(37)38)8-6-14-7-9-32(31-14)10-13-4-2-1-3-5-13/h1-5,7,9,12,15,17-18,21,34,39H,10-11H2,(H4,27,29,30,35,36,37,38)/p+1/t15-,18+,21-,25-/m1/s1. The van der Waals surface area contributed by atoms with Crippen LogP contribution < -0.4 is 10.4 Å². The minimum absolute atomic E-state index is 0.0394. The Morgan fingerprint density at radius 2 is 1.98 bits per heavy atom. The van der Waals surface area contributed by atoms with E-state index in [0.717, 1.165) is 5.56 Å². The second kappa shape index (κ2) is 11.1. The van der Waals surface area contributed by atoms with Crippen molar-refractivity contribution in [2.24, 2.45) is 0 Å². The van der Waals surface area contributed by atoms with Crippen LogP contribution in [0.3, 0.4) is 0 Å². The summed E-state index contributed by atoms with van der Waals surface area (Å²) in [5.41, 5.74) is 5.11. The zero-order chi connectivity index (χ0) is 29.3. The number of ether oxygens (including phenoxy) is 2. The number of aliphatic hydroxyl groups is 2. The lowest BCUT2D eigenvalue weighted by atomic mass is 9.92. The zero-order valence-electron chi connectivity index (χ0n) is 21.0. The first kappa shape index (κ1) is 28.0. The van der Waals surface area contributed by atoms with Gasteiger partial charge >= 0.3 is 11.9 Å². The van der Waals surface area contributed by atoms with Crippen molar-refractivity contribution in [1.29, 1.82) is 0 Å². The highest BCUT2D eigenvalue weighted by Gasteiger charge is 2.56. The number of rotatable bonds is 8. The number of imidazole rings is 1. The SMILES string of the molecule is Nc1nc(Cl)nc2c1ncn2[C@@H]1O[C@H](COC(C(=O)O)C(=O)O)[C@](O)(C#Cc2cc[n+](Cc3ccccc3)[nH]2)[C@H]1O. The molecule has 0 bridgehead atoms. The smallest absolute Gasteiger partial charge is 0.344 e. The van der Waals surface area contributed by atoms with Gasteiger partial charge < -0.3 is 35.6 Å². The lowest BCUT2D eigenvalue weighted by molar-refractivity contribution is -0.742. The molecule has 41 heavy (non-hydrogen) atoms. The molecule has 0 aliphatic carbocycles. The quantitative estimate of drug-likeness (QED) is 0.0656. The Labute approximate surface area is 235 Å². The molecule has 5 rings (SSSR count). The molecule has 0 radical (unpaired) electrons. The van der Waals surface area contributed by atoms with Crippen LogP contribution in [-0.4, -0.2) is 87.5 Å². The minimum atomic E-state index is -2.37. The Morgan fingerprint density at radius 3 is 2.68 bits per heavy atom. The molecule has 4 aromatic rings. The number of fused-ring (bicyclic) bond motifs is 1. The average Bonchev–Trinajstić information content (AvgIpc) is 3.61. The number of carboxylic acid groups (broad SMARTS) is 2. The summed E-state index contributed by atoms with van der Waals surface area (Å²) in [5.74, 6) is 1.77. The number of aromatic nitrogens is 6. The summed E-state index contributed by atoms with van der Waals surface area (Å²) in [6, 6.07) is 11.3. The molecule has 0 amide bonds. The van der Waals surface area contributed by atoms with Crippen molar-refractivity contribution in [3.8, 4) is 11.8 Å². The number of nitrogens with zero attached hydrogens (tertiary/aromatic N) is 5. The van der Waals surface area contributed by atoms with Crippen LogP contribution in [0.5, 0.6) is 0 Å². The van der Waals surface area contributed by atoms with Crippen molar-refractivity contribution in [1.82, 2.24) is 24.6 Å². The molecule has 4 atom stereocenters. The van der Waals surface area contributed by atoms with E-state index in [9.17, 15) is 30.0 Å². The van der Waals surface area contributed by atoms with E-state index in [-0.39, 0.29) is 22.3 Å². The highest BCUT2D eigenvalue weighted by Crippen LogP contribution is 2.39. The number of aliphatic carboxylic acids is 2. The predicted molar refractivity (Wildman–Crippen MR) is 138 cm³/mol. The van der Waals surface area contributed by atoms with Gasteiger partial charge in [0, 0.05) is 11.6 Å². The van der Waals surface area contributed by atoms with E-state index < -0.39 is 48.7 Å². The minimum Gasteiger partial charge on any atom is -0.479 e. The van der Waals surface area contributed by atoms with Gasteiger partial charge in [-0.1, -0.05) is 36.3 Å². The Bertz CT molecular complexity index is 1650. The molecule has 1 saturated heterocycles. The number of hydrogen-bond acceptors (Lipinski definition) is 10. The third kappa shape index (κ3) is 5.55. The Morgan fingerprint density at radius 1 is 1.24 bits per heavy atom. The van der Waals surface area contributed by atoms with Gasteiger partial charge in [-0.2, -0.15) is 15.1 Å². The van der Waals surface area contributed by atoms with Crippen LogP contribution in [0.1, 0.15) is 17.5 Å². The maximum atomic E-state index is 11.6. The van der Waals surface area contributed by atoms with Gasteiger partial charge in [0.05, 0.1) is 12.9 Å². The second-order valence-electron chi connectivity index (χ2n) is 9.08. The molecule has 212 valence electrons. The molecule has 1 aliphatic heterocycles. The fourth-order valence-electron chi connectivity index (χ4n) is 4.32. The Hall–Kier alpha value is -4.59. The number of carboxylic acids is 2. The van der Waals surface area contributed by atoms with Crippen molar-refractivity contribution >= 4 is 40.5 Å². The molecule has 15 nitrogen and oxygen atoms in total. The first-order valence-corrected chi connectivity index (χ1v) is 12.4. The van der Waals surface area contributed by atoms with Crippen LogP contribution >= 0.6 is 11.6 Å². The molecule has 16 heteroatoms. The number of nitrogens with one attached hydrogen (secondary N) is 1. The van der Waals surface area contributed by atoms with Gasteiger partial charge in [-0.25, -0.2) is 14.6 Å². The fourth-order valence-corrected chi connectivity index (χ4v) is 4.50. The number of carbonyl (C=O) groups is 2. The number of halogens is 1. The third-order valence-corrected chi connectivity index (χ3v) is 6.52. The van der Waals surface area contributed by atoms with Gasteiger partial charge in [0.25, 0.3) is 6.10 Å². The van der Waals surface area contributed by atoms with Gasteiger partial charge in [-0.05, 0) is 17.5 Å². The molecule has 4 heterocycles. The van der Waals surface area contributed by atoms with E-state index in [1.165, 1.54) is 10.9 Å². The first-order chi connectivity index (χ1) is 19.6. The van der Waals surface area contributed by atoms with Crippen LogP contribution in [0.4, 0.5) is 5.82 Å². The topological polar surface area (TPSA) is 223 Å². The summed E-state index contributed by atoms with van der Waals surface area (Å²) in [7, 11) is 0. The number of aliphatic hydroxyl groups excluding tert-OH is 1. The molecule has 1 aliphatic rings. The average molecular weight is 585 g/mol. The zero-order valence-corrected chi connectivity index (χ0v) is 21.7. The van der Waals surface area contributed by atoms with Gasteiger partial charge in [0.15, 0.2) is 41.7 Å². The maximum Gasteiger partial charge on any atom is 0.344 e. The van der Waals surface area contributed by atoms with Crippen molar-refractivity contribution in [3.05, 3.63) is 65.5 Å². The summed E-state index contributed by atoms with van der Waals surface area (Å²) in [5, 5.41) is 44.1. The van der Waals surface area contributed by atoms with Crippen molar-refractivity contribution in [3.63, 3.8) is 0 Å². The normalized spacial score (nSPS) is 22.1. The van der Waals surface area contributed by atoms with Gasteiger partial charge in [-0.15, -0.1) is 4.68 Å². The summed E-state index contributed by atoms with van der Waals surface area (Å²) in [4.78, 5) is 34.7. The summed E-state index contributed by atoms with van der Waals surface area (Å²) in [6.45, 7) is -0.241. The molecule has 0 unspecified atom stereocenters. The monoisotopic (exact) mass is 584 g/mol. The van der Waals surface area contributed by atoms with E-state index in [0.29, 0.717) is 12.2 Å². The van der Waals surface area contributed by atoms with Gasteiger partial charge in [-0.3, -0.25) is 4.57 Å². The number of nitrogen functional groups attached to an aromatic ring is 1. The van der Waals surface area contributed by atoms with E-state index in [1.807, 2.05) is 30.3 Å². The number of hydrogen-bond donors (Lipinski definition) is 6. The van der Waals surface area contributed by atoms with Crippen LogP contribution in [0.2, 0.25) is 5.28 Å². The number of anilines is 1. The number of aromatic amines is 1. The summed E-state index contributed by atoms with van der Waals surface area (Å²) >= 11 is 5.94. The largest absolute Gasteiger partial charge is 0.479 e. The molecule has 7 N–H and O–H groups in total. The lowest BCUT2D eigenvalue weighted by Gasteiger charge is -2.25. The van der Waals surface area contributed by atoms with Crippen molar-refractivity contribution in [2.75, 3.05) is 12.3 Å². The van der Waals surface area contributed by atoms with Gasteiger partial charge in [0.2, 0.25) is 5.28 Å². The van der Waals surface area contributed by atoms with Crippen LogP contribution in [0.25, 0.3) is 11.2 Å².